The number of carbonyl (C=O) groups is 3. The van der Waals surface area contributed by atoms with Crippen molar-refractivity contribution < 1.29 is 27.5 Å². The third kappa shape index (κ3) is 4.55. The maximum atomic E-state index is 12.3. The lowest BCUT2D eigenvalue weighted by molar-refractivity contribution is -0.134. The fourth-order valence-electron chi connectivity index (χ4n) is 4.10. The summed E-state index contributed by atoms with van der Waals surface area (Å²) in [6.07, 6.45) is 1.45. The number of rotatable bonds is 5. The fraction of sp³-hybridized carbons (Fsp3) is 0.500. The molecule has 3 heterocycles. The Morgan fingerprint density at radius 1 is 1.26 bits per heavy atom. The van der Waals surface area contributed by atoms with Crippen LogP contribution >= 0.6 is 0 Å². The first kappa shape index (κ1) is 21.3. The van der Waals surface area contributed by atoms with Gasteiger partial charge in [0.15, 0.2) is 6.61 Å². The molecule has 1 aromatic carbocycles. The minimum absolute atomic E-state index is 0.0796. The van der Waals surface area contributed by atoms with Crippen molar-refractivity contribution in [2.45, 2.75) is 37.6 Å². The van der Waals surface area contributed by atoms with Gasteiger partial charge >= 0.3 is 0 Å². The highest BCUT2D eigenvalue weighted by molar-refractivity contribution is 7.91. The number of para-hydroxylation sites is 1. The normalized spacial score (nSPS) is 21.6. The number of sulfone groups is 1. The number of fused-ring (bicyclic) bond motifs is 1. The monoisotopic (exact) mass is 448 g/mol. The van der Waals surface area contributed by atoms with Gasteiger partial charge < -0.3 is 10.1 Å². The summed E-state index contributed by atoms with van der Waals surface area (Å²) in [4.78, 5) is 36.0. The predicted octanol–water partition coefficient (Wildman–Crippen LogP) is 0.166. The van der Waals surface area contributed by atoms with Gasteiger partial charge in [-0.1, -0.05) is 12.1 Å². The van der Waals surface area contributed by atoms with Crippen molar-refractivity contribution in [1.82, 2.24) is 20.4 Å². The van der Waals surface area contributed by atoms with E-state index in [1.165, 1.54) is 0 Å². The Morgan fingerprint density at radius 2 is 2.00 bits per heavy atom. The molecule has 1 aromatic heterocycles. The van der Waals surface area contributed by atoms with Gasteiger partial charge in [0.05, 0.1) is 23.1 Å². The maximum absolute atomic E-state index is 12.3. The van der Waals surface area contributed by atoms with Crippen LogP contribution in [0, 0.1) is 0 Å². The summed E-state index contributed by atoms with van der Waals surface area (Å²) in [5.41, 5.74) is 1.22. The molecular weight excluding hydrogens is 424 g/mol. The van der Waals surface area contributed by atoms with E-state index in [9.17, 15) is 22.8 Å². The Bertz CT molecular complexity index is 1140. The molecule has 3 amide bonds. The first-order valence-electron chi connectivity index (χ1n) is 10.2. The summed E-state index contributed by atoms with van der Waals surface area (Å²) in [5.74, 6) is -0.890. The Balaban J connectivity index is 1.46. The molecule has 2 aliphatic rings. The number of amides is 3. The minimum Gasteiger partial charge on any atom is -0.482 e. The summed E-state index contributed by atoms with van der Waals surface area (Å²) >= 11 is 0. The summed E-state index contributed by atoms with van der Waals surface area (Å²) < 4.78 is 30.4. The summed E-state index contributed by atoms with van der Waals surface area (Å²) in [6, 6.07) is 5.14. The second kappa shape index (κ2) is 8.29. The van der Waals surface area contributed by atoms with Crippen molar-refractivity contribution >= 4 is 38.5 Å². The van der Waals surface area contributed by atoms with Crippen molar-refractivity contribution in [1.29, 1.82) is 0 Å². The molecule has 2 aliphatic heterocycles. The van der Waals surface area contributed by atoms with E-state index in [2.05, 4.69) is 15.7 Å². The van der Waals surface area contributed by atoms with Crippen LogP contribution in [0.3, 0.4) is 0 Å². The van der Waals surface area contributed by atoms with Crippen LogP contribution in [0.15, 0.2) is 18.2 Å². The standard InChI is InChI=1S/C20H24N4O6S/c1-24-19-13(18(23-24)14-5-6-16(25)22-20(14)27)3-2-4-15(19)30-11-17(26)21-12-7-9-31(28,29)10-8-12/h2-4,12,14H,5-11H2,1H3,(H,21,26)(H,22,25,27). The van der Waals surface area contributed by atoms with E-state index in [-0.39, 0.29) is 48.3 Å². The number of ether oxygens (including phenoxy) is 1. The molecule has 1 unspecified atom stereocenters. The van der Waals surface area contributed by atoms with Crippen molar-refractivity contribution in [2.75, 3.05) is 18.1 Å². The minimum atomic E-state index is -2.99. The quantitative estimate of drug-likeness (QED) is 0.622. The van der Waals surface area contributed by atoms with Crippen LogP contribution in [0.5, 0.6) is 5.75 Å². The van der Waals surface area contributed by atoms with Gasteiger partial charge in [0.1, 0.15) is 21.1 Å². The average Bonchev–Trinajstić information content (AvgIpc) is 3.05. The third-order valence-corrected chi connectivity index (χ3v) is 7.42. The number of piperidine rings is 1. The lowest BCUT2D eigenvalue weighted by atomic mass is 9.93. The molecule has 0 bridgehead atoms. The summed E-state index contributed by atoms with van der Waals surface area (Å²) in [6.45, 7) is -0.221. The molecule has 0 aliphatic carbocycles. The van der Waals surface area contributed by atoms with Gasteiger partial charge in [0.25, 0.3) is 5.91 Å². The molecular formula is C20H24N4O6S. The van der Waals surface area contributed by atoms with Crippen LogP contribution in [-0.2, 0) is 31.3 Å². The molecule has 31 heavy (non-hydrogen) atoms. The zero-order valence-corrected chi connectivity index (χ0v) is 17.9. The van der Waals surface area contributed by atoms with E-state index in [0.29, 0.717) is 36.2 Å². The molecule has 2 fully saturated rings. The lowest BCUT2D eigenvalue weighted by Crippen LogP contribution is -2.42. The van der Waals surface area contributed by atoms with E-state index >= 15 is 0 Å². The highest BCUT2D eigenvalue weighted by atomic mass is 32.2. The van der Waals surface area contributed by atoms with Gasteiger partial charge in [-0.25, -0.2) is 8.42 Å². The molecule has 4 rings (SSSR count). The number of aryl methyl sites for hydroxylation is 1. The first-order chi connectivity index (χ1) is 14.7. The number of aromatic nitrogens is 2. The molecule has 10 nitrogen and oxygen atoms in total. The summed E-state index contributed by atoms with van der Waals surface area (Å²) in [7, 11) is -1.26. The third-order valence-electron chi connectivity index (χ3n) is 5.70. The second-order valence-electron chi connectivity index (χ2n) is 7.95. The number of nitrogens with zero attached hydrogens (tertiary/aromatic N) is 2. The molecule has 1 atom stereocenters. The number of hydrogen-bond acceptors (Lipinski definition) is 7. The van der Waals surface area contributed by atoms with Gasteiger partial charge in [-0.05, 0) is 25.3 Å². The van der Waals surface area contributed by atoms with Crippen LogP contribution in [0.2, 0.25) is 0 Å². The maximum Gasteiger partial charge on any atom is 0.258 e. The fourth-order valence-corrected chi connectivity index (χ4v) is 5.60. The Morgan fingerprint density at radius 3 is 2.71 bits per heavy atom. The van der Waals surface area contributed by atoms with Crippen LogP contribution in [-0.4, -0.2) is 60.1 Å². The highest BCUT2D eigenvalue weighted by Crippen LogP contribution is 2.34. The van der Waals surface area contributed by atoms with E-state index in [1.54, 1.807) is 23.9 Å². The van der Waals surface area contributed by atoms with Gasteiger partial charge in [-0.3, -0.25) is 24.4 Å². The van der Waals surface area contributed by atoms with Crippen LogP contribution in [0.4, 0.5) is 0 Å². The molecule has 11 heteroatoms. The molecule has 0 saturated carbocycles. The van der Waals surface area contributed by atoms with Crippen LogP contribution < -0.4 is 15.4 Å². The van der Waals surface area contributed by atoms with Gasteiger partial charge in [0.2, 0.25) is 11.8 Å². The molecule has 0 spiro atoms. The molecule has 166 valence electrons. The van der Waals surface area contributed by atoms with Crippen molar-refractivity contribution in [3.63, 3.8) is 0 Å². The molecule has 2 N–H and O–H groups in total. The van der Waals surface area contributed by atoms with Crippen LogP contribution in [0.25, 0.3) is 10.9 Å². The largest absolute Gasteiger partial charge is 0.482 e. The molecule has 2 saturated heterocycles. The predicted molar refractivity (Wildman–Crippen MR) is 111 cm³/mol. The topological polar surface area (TPSA) is 136 Å². The van der Waals surface area contributed by atoms with Gasteiger partial charge in [-0.15, -0.1) is 0 Å². The molecule has 0 radical (unpaired) electrons. The number of nitrogens with one attached hydrogen (secondary N) is 2. The lowest BCUT2D eigenvalue weighted by Gasteiger charge is -2.23. The zero-order valence-electron chi connectivity index (χ0n) is 17.1. The number of carbonyl (C=O) groups excluding carboxylic acids is 3. The van der Waals surface area contributed by atoms with Crippen molar-refractivity contribution in [2.24, 2.45) is 7.05 Å². The Hall–Kier alpha value is -2.95. The molecule has 2 aromatic rings. The van der Waals surface area contributed by atoms with E-state index < -0.39 is 15.8 Å². The highest BCUT2D eigenvalue weighted by Gasteiger charge is 2.32. The van der Waals surface area contributed by atoms with E-state index in [4.69, 9.17) is 4.74 Å². The van der Waals surface area contributed by atoms with E-state index in [0.717, 1.165) is 5.39 Å². The van der Waals surface area contributed by atoms with Crippen molar-refractivity contribution in [3.8, 4) is 5.75 Å². The van der Waals surface area contributed by atoms with Gasteiger partial charge in [0, 0.05) is 24.9 Å². The van der Waals surface area contributed by atoms with E-state index in [1.807, 2.05) is 6.07 Å². The first-order valence-corrected chi connectivity index (χ1v) is 12.0. The zero-order chi connectivity index (χ0) is 22.2. The van der Waals surface area contributed by atoms with Gasteiger partial charge in [-0.2, -0.15) is 5.10 Å². The SMILES string of the molecule is Cn1nc(C2CCC(=O)NC2=O)c2cccc(OCC(=O)NC3CCS(=O)(=O)CC3)c21. The summed E-state index contributed by atoms with van der Waals surface area (Å²) in [5, 5.41) is 10.4. The van der Waals surface area contributed by atoms with Crippen LogP contribution in [0.1, 0.15) is 37.3 Å². The second-order valence-corrected chi connectivity index (χ2v) is 10.3. The average molecular weight is 449 g/mol. The Labute approximate surface area is 179 Å². The smallest absolute Gasteiger partial charge is 0.258 e. The Kier molecular flexibility index (Phi) is 5.69. The number of hydrogen-bond donors (Lipinski definition) is 2. The number of imide groups is 1. The number of benzene rings is 1. The van der Waals surface area contributed by atoms with Crippen molar-refractivity contribution in [3.05, 3.63) is 23.9 Å².